The molecule has 3 aliphatic rings. The van der Waals surface area contributed by atoms with Gasteiger partial charge in [-0.2, -0.15) is 5.10 Å². The first-order valence-electron chi connectivity index (χ1n) is 11.6. The highest BCUT2D eigenvalue weighted by Gasteiger charge is 2.29. The van der Waals surface area contributed by atoms with Crippen molar-refractivity contribution in [2.24, 2.45) is 0 Å². The zero-order chi connectivity index (χ0) is 20.9. The van der Waals surface area contributed by atoms with Crippen LogP contribution in [-0.4, -0.2) is 44.8 Å². The van der Waals surface area contributed by atoms with Gasteiger partial charge in [0, 0.05) is 23.2 Å². The molecular weight excluding hydrogens is 410 g/mol. The fourth-order valence-corrected chi connectivity index (χ4v) is 6.61. The predicted molar refractivity (Wildman–Crippen MR) is 122 cm³/mol. The van der Waals surface area contributed by atoms with Crippen molar-refractivity contribution in [2.45, 2.75) is 70.1 Å². The number of nitrogens with zero attached hydrogens (tertiary/aromatic N) is 4. The maximum Gasteiger partial charge on any atom is 0.268 e. The number of nitrogens with one attached hydrogen (secondary N) is 1. The van der Waals surface area contributed by atoms with Crippen LogP contribution in [0.3, 0.4) is 0 Å². The average molecular weight is 440 g/mol. The summed E-state index contributed by atoms with van der Waals surface area (Å²) in [7, 11) is 2.14. The van der Waals surface area contributed by atoms with Crippen molar-refractivity contribution >= 4 is 21.6 Å². The highest BCUT2D eigenvalue weighted by Crippen LogP contribution is 2.42. The van der Waals surface area contributed by atoms with Gasteiger partial charge in [-0.25, -0.2) is 9.67 Å². The molecule has 3 aromatic rings. The molecule has 6 rings (SSSR count). The molecule has 1 aliphatic carbocycles. The van der Waals surface area contributed by atoms with Crippen LogP contribution in [0.2, 0.25) is 0 Å². The molecule has 7 nitrogen and oxygen atoms in total. The Bertz CT molecular complexity index is 1170. The molecule has 1 N–H and O–H groups in total. The first-order chi connectivity index (χ1) is 15.2. The molecule has 0 amide bonds. The fraction of sp³-hybridized carbons (Fsp3) is 0.609. The van der Waals surface area contributed by atoms with E-state index < -0.39 is 0 Å². The first-order valence-corrected chi connectivity index (χ1v) is 12.5. The number of hydrogen-bond donors (Lipinski definition) is 1. The molecule has 2 fully saturated rings. The molecule has 2 saturated heterocycles. The molecule has 0 radical (unpaired) electrons. The van der Waals surface area contributed by atoms with Gasteiger partial charge >= 0.3 is 0 Å². The average Bonchev–Trinajstić information content (AvgIpc) is 3.33. The molecule has 5 heterocycles. The number of fused-ring (bicyclic) bond motifs is 5. The van der Waals surface area contributed by atoms with Crippen molar-refractivity contribution in [2.75, 3.05) is 20.2 Å². The van der Waals surface area contributed by atoms with Crippen LogP contribution in [-0.2, 0) is 17.6 Å². The summed E-state index contributed by atoms with van der Waals surface area (Å²) in [5.74, 6) is 0.830. The molecule has 164 valence electrons. The molecule has 2 aliphatic heterocycles. The number of likely N-dealkylation sites (tertiary alicyclic amines) is 1. The number of rotatable bonds is 2. The van der Waals surface area contributed by atoms with Crippen LogP contribution < -0.4 is 5.56 Å². The van der Waals surface area contributed by atoms with Gasteiger partial charge in [0.2, 0.25) is 0 Å². The zero-order valence-corrected chi connectivity index (χ0v) is 18.8. The number of H-pyrrole nitrogens is 1. The zero-order valence-electron chi connectivity index (χ0n) is 18.0. The van der Waals surface area contributed by atoms with Gasteiger partial charge < -0.3 is 9.72 Å². The largest absolute Gasteiger partial charge is 0.357 e. The third-order valence-corrected chi connectivity index (χ3v) is 8.34. The number of thiophene rings is 1. The van der Waals surface area contributed by atoms with Crippen molar-refractivity contribution < 1.29 is 4.74 Å². The van der Waals surface area contributed by atoms with E-state index in [-0.39, 0.29) is 17.8 Å². The van der Waals surface area contributed by atoms with Crippen LogP contribution in [0.5, 0.6) is 0 Å². The Kier molecular flexibility index (Phi) is 4.96. The monoisotopic (exact) mass is 439 g/mol. The summed E-state index contributed by atoms with van der Waals surface area (Å²) in [6.45, 7) is 1.86. The Morgan fingerprint density at radius 3 is 2.90 bits per heavy atom. The standard InChI is InChI=1S/C23H29N5O2S/c1-27-11-4-2-9-17(27)22-24-19-14-7-6-8-16-15(20(14)31-21(19)23(29)25-22)13-28(26-16)18-10-3-5-12-30-18/h13,17-18H,2-12H2,1H3,(H,24,25,29). The summed E-state index contributed by atoms with van der Waals surface area (Å²) in [4.78, 5) is 24.7. The van der Waals surface area contributed by atoms with Gasteiger partial charge in [-0.15, -0.1) is 11.3 Å². The van der Waals surface area contributed by atoms with E-state index in [1.165, 1.54) is 35.3 Å². The van der Waals surface area contributed by atoms with E-state index >= 15 is 0 Å². The Balaban J connectivity index is 1.46. The maximum atomic E-state index is 13.1. The summed E-state index contributed by atoms with van der Waals surface area (Å²) < 4.78 is 8.73. The fourth-order valence-electron chi connectivity index (χ4n) is 5.39. The van der Waals surface area contributed by atoms with Crippen LogP contribution in [0.4, 0.5) is 0 Å². The SMILES string of the molecule is CN1CCCCC1c1nc2c3c(sc2c(=O)[nH]1)-c1cn(C2CCCCO2)nc1CCC3. The molecule has 8 heteroatoms. The van der Waals surface area contributed by atoms with E-state index in [1.54, 1.807) is 11.3 Å². The quantitative estimate of drug-likeness (QED) is 0.648. The lowest BCUT2D eigenvalue weighted by Crippen LogP contribution is -2.32. The summed E-state index contributed by atoms with van der Waals surface area (Å²) in [6, 6.07) is 0.203. The predicted octanol–water partition coefficient (Wildman–Crippen LogP) is 4.19. The first kappa shape index (κ1) is 19.6. The second-order valence-electron chi connectivity index (χ2n) is 9.18. The Morgan fingerprint density at radius 1 is 1.16 bits per heavy atom. The number of piperidine rings is 1. The van der Waals surface area contributed by atoms with Crippen molar-refractivity contribution in [3.63, 3.8) is 0 Å². The van der Waals surface area contributed by atoms with E-state index in [0.29, 0.717) is 0 Å². The Labute approximate surface area is 185 Å². The molecular formula is C23H29N5O2S. The second kappa shape index (κ2) is 7.83. The summed E-state index contributed by atoms with van der Waals surface area (Å²) in [5.41, 5.74) is 4.44. The molecule has 0 aromatic carbocycles. The number of aromatic amines is 1. The normalized spacial score (nSPS) is 24.7. The van der Waals surface area contributed by atoms with Gasteiger partial charge in [-0.1, -0.05) is 6.42 Å². The van der Waals surface area contributed by atoms with Crippen LogP contribution in [0.1, 0.15) is 74.3 Å². The smallest absolute Gasteiger partial charge is 0.268 e. The minimum Gasteiger partial charge on any atom is -0.357 e. The molecule has 3 aromatic heterocycles. The van der Waals surface area contributed by atoms with Gasteiger partial charge in [0.1, 0.15) is 16.8 Å². The molecule has 31 heavy (non-hydrogen) atoms. The van der Waals surface area contributed by atoms with Crippen LogP contribution >= 0.6 is 11.3 Å². The van der Waals surface area contributed by atoms with Gasteiger partial charge in [0.25, 0.3) is 5.56 Å². The number of aryl methyl sites for hydroxylation is 2. The number of aromatic nitrogens is 4. The van der Waals surface area contributed by atoms with E-state index in [0.717, 1.165) is 73.4 Å². The minimum absolute atomic E-state index is 0.00148. The topological polar surface area (TPSA) is 76.0 Å². The van der Waals surface area contributed by atoms with Crippen molar-refractivity contribution in [1.29, 1.82) is 0 Å². The summed E-state index contributed by atoms with van der Waals surface area (Å²) >= 11 is 1.58. The second-order valence-corrected chi connectivity index (χ2v) is 10.2. The summed E-state index contributed by atoms with van der Waals surface area (Å²) in [6.07, 6.45) is 11.9. The summed E-state index contributed by atoms with van der Waals surface area (Å²) in [5, 5.41) is 4.91. The number of hydrogen-bond acceptors (Lipinski definition) is 6. The minimum atomic E-state index is 0.00148. The highest BCUT2D eigenvalue weighted by atomic mass is 32.1. The molecule has 2 atom stereocenters. The van der Waals surface area contributed by atoms with Crippen molar-refractivity contribution in [3.8, 4) is 10.4 Å². The molecule has 0 spiro atoms. The van der Waals surface area contributed by atoms with Crippen LogP contribution in [0.15, 0.2) is 11.0 Å². The van der Waals surface area contributed by atoms with E-state index in [9.17, 15) is 4.79 Å². The van der Waals surface area contributed by atoms with Gasteiger partial charge in [0.15, 0.2) is 0 Å². The van der Waals surface area contributed by atoms with Crippen molar-refractivity contribution in [3.05, 3.63) is 33.6 Å². The maximum absolute atomic E-state index is 13.1. The van der Waals surface area contributed by atoms with Gasteiger partial charge in [-0.05, 0) is 70.5 Å². The number of ether oxygens (including phenoxy) is 1. The lowest BCUT2D eigenvalue weighted by Gasteiger charge is -2.31. The molecule has 0 saturated carbocycles. The van der Waals surface area contributed by atoms with Gasteiger partial charge in [-0.3, -0.25) is 9.69 Å². The Morgan fingerprint density at radius 2 is 2.06 bits per heavy atom. The molecule has 2 unspecified atom stereocenters. The van der Waals surface area contributed by atoms with E-state index in [4.69, 9.17) is 14.8 Å². The van der Waals surface area contributed by atoms with Gasteiger partial charge in [0.05, 0.1) is 17.3 Å². The van der Waals surface area contributed by atoms with Crippen LogP contribution in [0, 0.1) is 0 Å². The lowest BCUT2D eigenvalue weighted by molar-refractivity contribution is -0.0396. The Hall–Kier alpha value is -2.03. The van der Waals surface area contributed by atoms with E-state index in [2.05, 4.69) is 23.1 Å². The van der Waals surface area contributed by atoms with Crippen molar-refractivity contribution in [1.82, 2.24) is 24.6 Å². The highest BCUT2D eigenvalue weighted by molar-refractivity contribution is 7.22. The molecule has 0 bridgehead atoms. The van der Waals surface area contributed by atoms with E-state index in [1.807, 2.05) is 4.68 Å². The third kappa shape index (κ3) is 3.36. The van der Waals surface area contributed by atoms with Crippen LogP contribution in [0.25, 0.3) is 20.7 Å². The lowest BCUT2D eigenvalue weighted by atomic mass is 10.0. The third-order valence-electron chi connectivity index (χ3n) is 7.09.